The van der Waals surface area contributed by atoms with E-state index < -0.39 is 0 Å². The summed E-state index contributed by atoms with van der Waals surface area (Å²) >= 11 is 2.48. The van der Waals surface area contributed by atoms with Gasteiger partial charge in [-0.05, 0) is 19.3 Å². The second kappa shape index (κ2) is 2.83. The number of ether oxygens (including phenoxy) is 1. The molecule has 4 atom stereocenters. The molecule has 2 rings (SSSR count). The van der Waals surface area contributed by atoms with Gasteiger partial charge in [-0.2, -0.15) is 0 Å². The minimum atomic E-state index is -0.268. The molecule has 0 unspecified atom stereocenters. The van der Waals surface area contributed by atoms with Crippen LogP contribution < -0.4 is 0 Å². The van der Waals surface area contributed by atoms with Crippen molar-refractivity contribution in [2.45, 2.75) is 54.8 Å². The summed E-state index contributed by atoms with van der Waals surface area (Å²) in [4.78, 5) is 0. The second-order valence-corrected chi connectivity index (χ2v) is 6.42. The van der Waals surface area contributed by atoms with Crippen LogP contribution in [0.15, 0.2) is 0 Å². The predicted molar refractivity (Wildman–Crippen MR) is 60.1 cm³/mol. The van der Waals surface area contributed by atoms with Crippen molar-refractivity contribution in [3.05, 3.63) is 0 Å². The summed E-state index contributed by atoms with van der Waals surface area (Å²) in [6.07, 6.45) is 1.54. The Balaban J connectivity index is 2.32. The molecule has 3 heteroatoms. The fraction of sp³-hybridized carbons (Fsp3) is 1.00. The van der Waals surface area contributed by atoms with Gasteiger partial charge in [0.15, 0.2) is 0 Å². The molecule has 2 heterocycles. The van der Waals surface area contributed by atoms with Crippen molar-refractivity contribution in [1.29, 1.82) is 0 Å². The normalized spacial score (nSPS) is 54.9. The summed E-state index contributed by atoms with van der Waals surface area (Å²) in [6.45, 7) is 6.42. The Morgan fingerprint density at radius 1 is 1.46 bits per heavy atom. The zero-order chi connectivity index (χ0) is 9.85. The minimum absolute atomic E-state index is 0.0608. The van der Waals surface area contributed by atoms with Gasteiger partial charge in [0.25, 0.3) is 0 Å². The Morgan fingerprint density at radius 3 is 2.38 bits per heavy atom. The highest BCUT2D eigenvalue weighted by Crippen LogP contribution is 2.56. The van der Waals surface area contributed by atoms with Gasteiger partial charge >= 0.3 is 0 Å². The van der Waals surface area contributed by atoms with Crippen LogP contribution in [0.25, 0.3) is 0 Å². The maximum absolute atomic E-state index is 9.88. The number of halogens is 1. The Labute approximate surface area is 93.2 Å². The topological polar surface area (TPSA) is 29.5 Å². The van der Waals surface area contributed by atoms with E-state index in [1.165, 1.54) is 0 Å². The van der Waals surface area contributed by atoms with Gasteiger partial charge in [0.05, 0.1) is 17.3 Å². The molecular formula is C10H17IO2. The SMILES string of the molecule is CC(C)[C@]12C[C@@H](O)[C@](C)(C[C@@H]1I)O2. The number of aliphatic hydroxyl groups is 1. The molecule has 2 aliphatic heterocycles. The van der Waals surface area contributed by atoms with Crippen molar-refractivity contribution in [3.8, 4) is 0 Å². The fourth-order valence-corrected chi connectivity index (χ4v) is 4.65. The third-order valence-corrected chi connectivity index (χ3v) is 5.23. The summed E-state index contributed by atoms with van der Waals surface area (Å²) in [7, 11) is 0. The average Bonchev–Trinajstić information content (AvgIpc) is 2.37. The van der Waals surface area contributed by atoms with Gasteiger partial charge in [0, 0.05) is 10.3 Å². The summed E-state index contributed by atoms with van der Waals surface area (Å²) in [6, 6.07) is 0. The van der Waals surface area contributed by atoms with Crippen LogP contribution >= 0.6 is 22.6 Å². The molecule has 0 aliphatic carbocycles. The molecule has 0 amide bonds. The van der Waals surface area contributed by atoms with Crippen LogP contribution in [-0.4, -0.2) is 26.3 Å². The smallest absolute Gasteiger partial charge is 0.0932 e. The fourth-order valence-electron chi connectivity index (χ4n) is 2.68. The van der Waals surface area contributed by atoms with E-state index in [9.17, 15) is 5.11 Å². The minimum Gasteiger partial charge on any atom is -0.390 e. The first-order valence-corrected chi connectivity index (χ1v) is 6.17. The van der Waals surface area contributed by atoms with Gasteiger partial charge in [0.2, 0.25) is 0 Å². The van der Waals surface area contributed by atoms with Crippen molar-refractivity contribution in [2.75, 3.05) is 0 Å². The van der Waals surface area contributed by atoms with Crippen molar-refractivity contribution in [3.63, 3.8) is 0 Å². The first kappa shape index (κ1) is 10.2. The summed E-state index contributed by atoms with van der Waals surface area (Å²) in [5.74, 6) is 0.494. The van der Waals surface area contributed by atoms with E-state index in [0.717, 1.165) is 12.8 Å². The van der Waals surface area contributed by atoms with Crippen LogP contribution in [-0.2, 0) is 4.74 Å². The lowest BCUT2D eigenvalue weighted by Crippen LogP contribution is -2.43. The lowest BCUT2D eigenvalue weighted by Gasteiger charge is -2.34. The van der Waals surface area contributed by atoms with Crippen molar-refractivity contribution in [1.82, 2.24) is 0 Å². The molecule has 2 bridgehead atoms. The lowest BCUT2D eigenvalue weighted by molar-refractivity contribution is -0.0787. The molecule has 0 radical (unpaired) electrons. The first-order valence-electron chi connectivity index (χ1n) is 4.93. The van der Waals surface area contributed by atoms with Crippen LogP contribution in [0.2, 0.25) is 0 Å². The Hall–Kier alpha value is 0.650. The van der Waals surface area contributed by atoms with Crippen LogP contribution in [0.5, 0.6) is 0 Å². The molecule has 13 heavy (non-hydrogen) atoms. The Bertz CT molecular complexity index is 231. The highest BCUT2D eigenvalue weighted by Gasteiger charge is 2.64. The Morgan fingerprint density at radius 2 is 2.08 bits per heavy atom. The quantitative estimate of drug-likeness (QED) is 0.593. The van der Waals surface area contributed by atoms with Gasteiger partial charge in [0.1, 0.15) is 0 Å². The zero-order valence-corrected chi connectivity index (χ0v) is 10.5. The molecule has 0 aromatic heterocycles. The van der Waals surface area contributed by atoms with Gasteiger partial charge in [-0.25, -0.2) is 0 Å². The third-order valence-electron chi connectivity index (χ3n) is 3.73. The van der Waals surface area contributed by atoms with Gasteiger partial charge in [-0.3, -0.25) is 0 Å². The number of rotatable bonds is 1. The van der Waals surface area contributed by atoms with Crippen LogP contribution in [0.1, 0.15) is 33.6 Å². The van der Waals surface area contributed by atoms with E-state index >= 15 is 0 Å². The third kappa shape index (κ3) is 1.20. The summed E-state index contributed by atoms with van der Waals surface area (Å²) in [5, 5.41) is 9.88. The van der Waals surface area contributed by atoms with Crippen LogP contribution in [0.3, 0.4) is 0 Å². The number of hydrogen-bond donors (Lipinski definition) is 1. The predicted octanol–water partition coefficient (Wildman–Crippen LogP) is 2.13. The highest BCUT2D eigenvalue weighted by atomic mass is 127. The molecular weight excluding hydrogens is 279 g/mol. The maximum atomic E-state index is 9.88. The van der Waals surface area contributed by atoms with E-state index in [0.29, 0.717) is 9.84 Å². The lowest BCUT2D eigenvalue weighted by atomic mass is 9.76. The van der Waals surface area contributed by atoms with Crippen molar-refractivity contribution in [2.24, 2.45) is 5.92 Å². The molecule has 0 aromatic carbocycles. The van der Waals surface area contributed by atoms with Gasteiger partial charge in [-0.15, -0.1) is 0 Å². The molecule has 0 aromatic rings. The molecule has 76 valence electrons. The Kier molecular flexibility index (Phi) is 2.21. The van der Waals surface area contributed by atoms with E-state index in [1.807, 2.05) is 6.92 Å². The summed E-state index contributed by atoms with van der Waals surface area (Å²) < 4.78 is 6.63. The molecule has 2 nitrogen and oxygen atoms in total. The monoisotopic (exact) mass is 296 g/mol. The van der Waals surface area contributed by atoms with Crippen molar-refractivity contribution < 1.29 is 9.84 Å². The maximum Gasteiger partial charge on any atom is 0.0932 e. The van der Waals surface area contributed by atoms with E-state index in [1.54, 1.807) is 0 Å². The van der Waals surface area contributed by atoms with Gasteiger partial charge in [-0.1, -0.05) is 36.4 Å². The standard InChI is InChI=1S/C10H17IO2/c1-6(2)10-5-8(12)9(3,13-10)4-7(10)11/h6-8,12H,4-5H2,1-3H3/t7-,8+,9-,10+/m0/s1. The number of aliphatic hydroxyl groups excluding tert-OH is 1. The van der Waals surface area contributed by atoms with E-state index in [-0.39, 0.29) is 17.3 Å². The number of hydrogen-bond acceptors (Lipinski definition) is 2. The highest BCUT2D eigenvalue weighted by molar-refractivity contribution is 14.1. The molecule has 0 saturated carbocycles. The second-order valence-electron chi connectivity index (χ2n) is 4.92. The van der Waals surface area contributed by atoms with Crippen LogP contribution in [0, 0.1) is 5.92 Å². The van der Waals surface area contributed by atoms with E-state index in [4.69, 9.17) is 4.74 Å². The molecule has 0 spiro atoms. The molecule has 1 N–H and O–H groups in total. The number of alkyl halides is 1. The average molecular weight is 296 g/mol. The van der Waals surface area contributed by atoms with Crippen LogP contribution in [0.4, 0.5) is 0 Å². The molecule has 2 saturated heterocycles. The zero-order valence-electron chi connectivity index (χ0n) is 8.38. The molecule has 2 fully saturated rings. The van der Waals surface area contributed by atoms with Crippen molar-refractivity contribution >= 4 is 22.6 Å². The largest absolute Gasteiger partial charge is 0.390 e. The summed E-state index contributed by atoms with van der Waals surface area (Å²) in [5.41, 5.74) is -0.329. The number of fused-ring (bicyclic) bond motifs is 2. The van der Waals surface area contributed by atoms with Gasteiger partial charge < -0.3 is 9.84 Å². The first-order chi connectivity index (χ1) is 5.91. The molecule has 2 aliphatic rings. The van der Waals surface area contributed by atoms with E-state index in [2.05, 4.69) is 36.4 Å².